The molecule has 6 saturated heterocycles. The molecule has 22 nitrogen and oxygen atoms in total. The number of hydrogen-bond acceptors (Lipinski definition) is 19. The number of carbonyl (C=O) groups excluding carboxylic acids is 3. The van der Waals surface area contributed by atoms with Crippen molar-refractivity contribution in [2.75, 3.05) is 94.5 Å². The van der Waals surface area contributed by atoms with Gasteiger partial charge in [-0.05, 0) is 248 Å². The Morgan fingerprint density at radius 2 is 0.632 bits per heavy atom. The molecule has 9 N–H and O–H groups in total. The van der Waals surface area contributed by atoms with Gasteiger partial charge in [0, 0.05) is 131 Å². The minimum Gasteiger partial charge on any atom is -0.488 e. The van der Waals surface area contributed by atoms with Gasteiger partial charge in [-0.1, -0.05) is 77.9 Å². The Morgan fingerprint density at radius 1 is 0.296 bits per heavy atom. The lowest BCUT2D eigenvalue weighted by atomic mass is 10.0. The summed E-state index contributed by atoms with van der Waals surface area (Å²) in [5.41, 5.74) is 14.3. The van der Waals surface area contributed by atoms with E-state index in [1.807, 2.05) is 92.7 Å². The lowest BCUT2D eigenvalue weighted by molar-refractivity contribution is 0.101. The molecule has 27 heteroatoms. The monoisotopic (exact) mass is 1690 g/mol. The molecular formula is C98H96F5N13O9. The summed E-state index contributed by atoms with van der Waals surface area (Å²) in [7, 11) is 0. The fourth-order valence-corrected chi connectivity index (χ4v) is 15.5. The lowest BCUT2D eigenvalue weighted by Gasteiger charge is -2.19. The number of benzene rings is 8. The van der Waals surface area contributed by atoms with Crippen LogP contribution in [0, 0.1) is 50.0 Å². The van der Waals surface area contributed by atoms with Crippen molar-refractivity contribution < 1.29 is 64.8 Å². The molecule has 0 bridgehead atoms. The molecule has 4 aromatic heterocycles. The van der Waals surface area contributed by atoms with Crippen LogP contribution >= 0.6 is 0 Å². The number of rotatable bonds is 24. The highest BCUT2D eigenvalue weighted by Crippen LogP contribution is 2.41. The summed E-state index contributed by atoms with van der Waals surface area (Å²) in [5.74, 6) is -2.10. The van der Waals surface area contributed by atoms with E-state index in [1.165, 1.54) is 36.2 Å². The molecular weight excluding hydrogens is 1600 g/mol. The largest absolute Gasteiger partial charge is 0.488 e. The van der Waals surface area contributed by atoms with Gasteiger partial charge in [0.2, 0.25) is 17.7 Å². The van der Waals surface area contributed by atoms with Crippen LogP contribution in [0.3, 0.4) is 0 Å². The van der Waals surface area contributed by atoms with Gasteiger partial charge < -0.3 is 76.3 Å². The maximum atomic E-state index is 14.2. The van der Waals surface area contributed by atoms with Gasteiger partial charge >= 0.3 is 0 Å². The normalized spacial score (nSPS) is 18.2. The molecule has 6 aliphatic rings. The van der Waals surface area contributed by atoms with Crippen molar-refractivity contribution in [1.29, 1.82) is 0 Å². The summed E-state index contributed by atoms with van der Waals surface area (Å²) >= 11 is 0. The van der Waals surface area contributed by atoms with Gasteiger partial charge in [0.25, 0.3) is 17.7 Å². The highest BCUT2D eigenvalue weighted by atomic mass is 19.2. The third kappa shape index (κ3) is 22.0. The zero-order valence-electron chi connectivity index (χ0n) is 69.3. The third-order valence-corrected chi connectivity index (χ3v) is 22.4. The SMILES string of the molecule is Cc1ccc(-c2cc(NC(=O)c3ccc(O[C@H]4CCNC4)c(-c4ccc(F)c(F)c4)c3)ccc2O[C@H]2CCNC2)cn1.Cc1ccc(-c2cc(NC(=O)c3ccc(O[C@H]4CCNC4)c(-c4ccc(F)nc4)c3)ccc2O[C@H]2CCNC2)cc1.Cc1ccc(-c2cc(NC(=O)c3cnc(O[C@H]4CCNC4)c(-c4ccc(F)c(F)c4)c3)cnc2O[C@H]2CCNC2)cc1. The first-order valence-electron chi connectivity index (χ1n) is 42.2. The Bertz CT molecular complexity index is 5570. The van der Waals surface area contributed by atoms with Gasteiger partial charge in [0.15, 0.2) is 23.3 Å². The number of ether oxygens (including phenoxy) is 6. The molecule has 0 spiro atoms. The van der Waals surface area contributed by atoms with Crippen molar-refractivity contribution in [2.45, 2.75) is 95.9 Å². The molecule has 0 aliphatic carbocycles. The van der Waals surface area contributed by atoms with E-state index in [2.05, 4.69) is 99.0 Å². The molecule has 3 amide bonds. The second kappa shape index (κ2) is 40.1. The van der Waals surface area contributed by atoms with Gasteiger partial charge in [-0.25, -0.2) is 32.5 Å². The van der Waals surface area contributed by atoms with Crippen LogP contribution in [-0.4, -0.2) is 153 Å². The molecule has 125 heavy (non-hydrogen) atoms. The van der Waals surface area contributed by atoms with Gasteiger partial charge in [0.05, 0.1) is 17.4 Å². The van der Waals surface area contributed by atoms with E-state index in [0.717, 1.165) is 184 Å². The summed E-state index contributed by atoms with van der Waals surface area (Å²) < 4.78 is 107. The molecule has 0 unspecified atom stereocenters. The number of nitrogens with one attached hydrogen (secondary N) is 9. The van der Waals surface area contributed by atoms with Gasteiger partial charge in [-0.2, -0.15) is 4.39 Å². The first-order valence-corrected chi connectivity index (χ1v) is 42.2. The van der Waals surface area contributed by atoms with Gasteiger partial charge in [0.1, 0.15) is 59.6 Å². The number of amides is 3. The van der Waals surface area contributed by atoms with Crippen LogP contribution in [0.2, 0.25) is 0 Å². The molecule has 0 saturated carbocycles. The number of pyridine rings is 4. The Hall–Kier alpha value is -13.0. The number of nitrogens with zero attached hydrogens (tertiary/aromatic N) is 4. The maximum absolute atomic E-state index is 14.2. The number of aryl methyl sites for hydroxylation is 3. The minimum absolute atomic E-state index is 0.0173. The maximum Gasteiger partial charge on any atom is 0.257 e. The quantitative estimate of drug-likeness (QED) is 0.0201. The summed E-state index contributed by atoms with van der Waals surface area (Å²) in [5, 5.41) is 28.6. The molecule has 642 valence electrons. The van der Waals surface area contributed by atoms with Crippen molar-refractivity contribution in [3.8, 4) is 102 Å². The lowest BCUT2D eigenvalue weighted by Crippen LogP contribution is -2.21. The van der Waals surface area contributed by atoms with Crippen molar-refractivity contribution >= 4 is 34.8 Å². The van der Waals surface area contributed by atoms with Crippen LogP contribution < -0.4 is 76.3 Å². The third-order valence-electron chi connectivity index (χ3n) is 22.4. The average molecular weight is 1690 g/mol. The fourth-order valence-electron chi connectivity index (χ4n) is 15.5. The fraction of sp³-hybridized carbons (Fsp3) is 0.276. The smallest absolute Gasteiger partial charge is 0.257 e. The van der Waals surface area contributed by atoms with E-state index in [0.29, 0.717) is 92.0 Å². The summed E-state index contributed by atoms with van der Waals surface area (Å²) in [4.78, 5) is 57.6. The van der Waals surface area contributed by atoms with Crippen molar-refractivity contribution in [1.82, 2.24) is 51.8 Å². The van der Waals surface area contributed by atoms with Crippen LogP contribution in [0.1, 0.15) is 86.4 Å². The molecule has 12 aromatic rings. The topological polar surface area (TPSA) is 266 Å². The van der Waals surface area contributed by atoms with E-state index < -0.39 is 35.1 Å². The number of aromatic nitrogens is 4. The van der Waals surface area contributed by atoms with Crippen molar-refractivity contribution in [2.24, 2.45) is 0 Å². The van der Waals surface area contributed by atoms with E-state index in [4.69, 9.17) is 28.4 Å². The summed E-state index contributed by atoms with van der Waals surface area (Å²) in [6.45, 7) is 15.7. The predicted octanol–water partition coefficient (Wildman–Crippen LogP) is 16.5. The van der Waals surface area contributed by atoms with Crippen LogP contribution in [0.25, 0.3) is 66.8 Å². The molecule has 6 fully saturated rings. The number of carbonyl (C=O) groups is 3. The van der Waals surface area contributed by atoms with E-state index >= 15 is 0 Å². The second-order valence-electron chi connectivity index (χ2n) is 31.8. The van der Waals surface area contributed by atoms with Crippen LogP contribution in [-0.2, 0) is 0 Å². The zero-order chi connectivity index (χ0) is 86.3. The Balaban J connectivity index is 0.000000138. The van der Waals surface area contributed by atoms with E-state index in [-0.39, 0.29) is 59.9 Å². The molecule has 10 heterocycles. The van der Waals surface area contributed by atoms with Gasteiger partial charge in [-0.15, -0.1) is 0 Å². The van der Waals surface area contributed by atoms with Crippen LogP contribution in [0.4, 0.5) is 39.0 Å². The second-order valence-corrected chi connectivity index (χ2v) is 31.8. The first-order chi connectivity index (χ1) is 60.9. The van der Waals surface area contributed by atoms with Crippen LogP contribution in [0.15, 0.2) is 219 Å². The number of anilines is 3. The molecule has 6 atom stereocenters. The highest BCUT2D eigenvalue weighted by Gasteiger charge is 2.29. The van der Waals surface area contributed by atoms with Crippen LogP contribution in [0.5, 0.6) is 34.8 Å². The highest BCUT2D eigenvalue weighted by molar-refractivity contribution is 6.07. The first kappa shape index (κ1) is 85.5. The number of halogens is 5. The molecule has 6 aliphatic heterocycles. The van der Waals surface area contributed by atoms with Crippen molar-refractivity contribution in [3.63, 3.8) is 0 Å². The number of hydrogen-bond donors (Lipinski definition) is 9. The van der Waals surface area contributed by atoms with Gasteiger partial charge in [-0.3, -0.25) is 19.4 Å². The Labute approximate surface area is 721 Å². The zero-order valence-corrected chi connectivity index (χ0v) is 69.3. The molecule has 18 rings (SSSR count). The minimum atomic E-state index is -0.999. The Morgan fingerprint density at radius 3 is 1.05 bits per heavy atom. The van der Waals surface area contributed by atoms with E-state index in [9.17, 15) is 36.3 Å². The average Bonchev–Trinajstić information content (AvgIpc) is 1.30. The molecule has 0 radical (unpaired) electrons. The Kier molecular flexibility index (Phi) is 27.4. The predicted molar refractivity (Wildman–Crippen MR) is 472 cm³/mol. The van der Waals surface area contributed by atoms with E-state index in [1.54, 1.807) is 60.9 Å². The van der Waals surface area contributed by atoms with Crippen molar-refractivity contribution in [3.05, 3.63) is 282 Å². The summed E-state index contributed by atoms with van der Waals surface area (Å²) in [6.07, 6.45) is 11.5. The summed E-state index contributed by atoms with van der Waals surface area (Å²) in [6, 6.07) is 55.4. The standard InChI is InChI=1S/C33H32F2N4O3.C33H33FN4O3.C32H31F2N5O3/c1-20-2-3-23(17-38-20)28-16-24(6-9-32(28)42-26-11-13-37-19-26)39-33(40)22-5-8-31(41-25-10-12-36-18-25)27(14-22)21-4-7-29(34)30(35)15-21;1-21-2-4-22(5-3-21)29-17-25(8-10-31(29)41-27-13-15-36-20-27)38-33(39)23-6-9-30(40-26-12-14-35-19-26)28(16-23)24-7-11-32(34)37-18-24;1-19-2-4-20(5-3-19)27-14-23(16-38-32(27)42-25-9-11-36-18-25)39-30(40)22-12-26(21-6-7-28(33)29(34)13-21)31(37-15-22)41-24-8-10-35-17-24/h2-9,14-17,25-26,36-37H,10-13,18-19H2,1H3,(H,39,40);2-11,16-18,26-27,35-36H,12-15,19-20H2,1H3,(H,38,39);2-7,12-16,24-25,35-36H,8-11,17-18H2,1H3,(H,39,40)/t25-,26-;26-,27-;24-,25-/m000/s1. The molecule has 8 aromatic carbocycles.